The van der Waals surface area contributed by atoms with E-state index in [1.807, 2.05) is 0 Å². The first-order valence-electron chi connectivity index (χ1n) is 9.39. The van der Waals surface area contributed by atoms with Crippen molar-refractivity contribution in [3.8, 4) is 0 Å². The van der Waals surface area contributed by atoms with Crippen LogP contribution in [-0.4, -0.2) is 20.2 Å². The number of sulfonamides is 1. The molecule has 0 aliphatic heterocycles. The molecule has 160 valence electrons. The van der Waals surface area contributed by atoms with Crippen molar-refractivity contribution < 1.29 is 18.0 Å². The molecule has 1 heterocycles. The number of thiophene rings is 1. The Hall–Kier alpha value is -2.88. The smallest absolute Gasteiger partial charge is 0.261 e. The number of fused-ring (bicyclic) bond motifs is 1. The van der Waals surface area contributed by atoms with E-state index in [2.05, 4.69) is 10.0 Å². The van der Waals surface area contributed by atoms with Crippen molar-refractivity contribution in [3.63, 3.8) is 0 Å². The number of rotatable bonds is 6. The highest BCUT2D eigenvalue weighted by Crippen LogP contribution is 2.39. The van der Waals surface area contributed by atoms with Crippen molar-refractivity contribution in [3.05, 3.63) is 75.1 Å². The Morgan fingerprint density at radius 3 is 2.45 bits per heavy atom. The van der Waals surface area contributed by atoms with E-state index in [1.54, 1.807) is 12.1 Å². The monoisotopic (exact) mass is 475 g/mol. The van der Waals surface area contributed by atoms with Gasteiger partial charge in [0.05, 0.1) is 21.7 Å². The molecule has 4 rings (SSSR count). The molecule has 31 heavy (non-hydrogen) atoms. The van der Waals surface area contributed by atoms with Crippen LogP contribution in [0.4, 0.5) is 10.7 Å². The van der Waals surface area contributed by atoms with E-state index in [9.17, 15) is 18.0 Å². The number of nitrogens with one attached hydrogen (secondary N) is 2. The topological polar surface area (TPSA) is 118 Å². The quantitative estimate of drug-likeness (QED) is 0.498. The van der Waals surface area contributed by atoms with Crippen molar-refractivity contribution in [2.45, 2.75) is 24.2 Å². The van der Waals surface area contributed by atoms with E-state index in [0.29, 0.717) is 15.6 Å². The van der Waals surface area contributed by atoms with E-state index in [1.165, 1.54) is 47.7 Å². The highest BCUT2D eigenvalue weighted by atomic mass is 35.5. The Morgan fingerprint density at radius 1 is 1.03 bits per heavy atom. The number of carbonyl (C=O) groups is 2. The molecule has 0 unspecified atom stereocenters. The number of amides is 2. The molecule has 0 bridgehead atoms. The summed E-state index contributed by atoms with van der Waals surface area (Å²) in [5, 5.41) is 3.53. The number of aryl methyl sites for hydroxylation is 1. The summed E-state index contributed by atoms with van der Waals surface area (Å²) in [6.45, 7) is 0. The van der Waals surface area contributed by atoms with E-state index in [-0.39, 0.29) is 16.1 Å². The zero-order valence-electron chi connectivity index (χ0n) is 16.1. The van der Waals surface area contributed by atoms with Crippen LogP contribution in [0.25, 0.3) is 0 Å². The first-order chi connectivity index (χ1) is 14.8. The first-order valence-corrected chi connectivity index (χ1v) is 12.1. The largest absolute Gasteiger partial charge is 0.365 e. The number of anilines is 2. The Labute approximate surface area is 188 Å². The zero-order valence-corrected chi connectivity index (χ0v) is 18.5. The second-order valence-corrected chi connectivity index (χ2v) is 10.2. The third-order valence-corrected chi connectivity index (χ3v) is 7.78. The summed E-state index contributed by atoms with van der Waals surface area (Å²) in [6, 6.07) is 11.9. The van der Waals surface area contributed by atoms with Gasteiger partial charge in [-0.15, -0.1) is 11.3 Å². The SMILES string of the molecule is NC(=O)c1c(NC(=O)c2ccccc2NS(=O)(=O)c2ccc(Cl)cc2)sc2c1CCC2. The number of hydrogen-bond acceptors (Lipinski definition) is 5. The summed E-state index contributed by atoms with van der Waals surface area (Å²) in [5.74, 6) is -1.14. The number of halogens is 1. The molecule has 2 aromatic carbocycles. The Morgan fingerprint density at radius 2 is 1.74 bits per heavy atom. The van der Waals surface area contributed by atoms with Crippen molar-refractivity contribution in [1.82, 2.24) is 0 Å². The fourth-order valence-electron chi connectivity index (χ4n) is 3.51. The average molecular weight is 476 g/mol. The minimum Gasteiger partial charge on any atom is -0.365 e. The lowest BCUT2D eigenvalue weighted by atomic mass is 10.1. The standard InChI is InChI=1S/C21H18ClN3O4S2/c22-12-8-10-13(11-9-12)31(28,29)25-16-6-2-1-4-14(16)20(27)24-21-18(19(23)26)15-5-3-7-17(15)30-21/h1-2,4,6,8-11,25H,3,5,7H2,(H2,23,26)(H,24,27). The minimum absolute atomic E-state index is 0.0119. The maximum absolute atomic E-state index is 13.0. The molecule has 10 heteroatoms. The zero-order chi connectivity index (χ0) is 22.2. The van der Waals surface area contributed by atoms with Crippen molar-refractivity contribution >= 4 is 55.5 Å². The van der Waals surface area contributed by atoms with Gasteiger partial charge >= 0.3 is 0 Å². The number of carbonyl (C=O) groups excluding carboxylic acids is 2. The highest BCUT2D eigenvalue weighted by molar-refractivity contribution is 7.92. The average Bonchev–Trinajstić information content (AvgIpc) is 3.28. The van der Waals surface area contributed by atoms with E-state index in [4.69, 9.17) is 17.3 Å². The van der Waals surface area contributed by atoms with Gasteiger partial charge in [-0.3, -0.25) is 14.3 Å². The Balaban J connectivity index is 1.63. The number of nitrogens with two attached hydrogens (primary N) is 1. The van der Waals surface area contributed by atoms with Crippen LogP contribution in [0.15, 0.2) is 53.4 Å². The van der Waals surface area contributed by atoms with Gasteiger partial charge in [0, 0.05) is 9.90 Å². The number of hydrogen-bond donors (Lipinski definition) is 3. The molecule has 0 radical (unpaired) electrons. The van der Waals surface area contributed by atoms with E-state index >= 15 is 0 Å². The second-order valence-electron chi connectivity index (χ2n) is 6.98. The maximum atomic E-state index is 13.0. The summed E-state index contributed by atoms with van der Waals surface area (Å²) in [7, 11) is -3.94. The lowest BCUT2D eigenvalue weighted by molar-refractivity contribution is 0.100. The molecule has 2 amide bonds. The molecule has 0 atom stereocenters. The van der Waals surface area contributed by atoms with Gasteiger partial charge in [-0.1, -0.05) is 23.7 Å². The van der Waals surface area contributed by atoms with Gasteiger partial charge in [-0.2, -0.15) is 0 Å². The van der Waals surface area contributed by atoms with Gasteiger partial charge in [0.2, 0.25) is 0 Å². The van der Waals surface area contributed by atoms with Gasteiger partial charge in [0.15, 0.2) is 0 Å². The van der Waals surface area contributed by atoms with Crippen LogP contribution in [0.2, 0.25) is 5.02 Å². The molecule has 0 fully saturated rings. The van der Waals surface area contributed by atoms with Gasteiger partial charge in [0.25, 0.3) is 21.8 Å². The fourth-order valence-corrected chi connectivity index (χ4v) is 6.01. The molecule has 7 nitrogen and oxygen atoms in total. The van der Waals surface area contributed by atoms with Crippen LogP contribution in [0.3, 0.4) is 0 Å². The maximum Gasteiger partial charge on any atom is 0.261 e. The van der Waals surface area contributed by atoms with Crippen LogP contribution in [-0.2, 0) is 22.9 Å². The predicted octanol–water partition coefficient (Wildman–Crippen LogP) is 4.04. The van der Waals surface area contributed by atoms with Crippen LogP contribution >= 0.6 is 22.9 Å². The molecule has 0 spiro atoms. The van der Waals surface area contributed by atoms with Crippen LogP contribution in [0.5, 0.6) is 0 Å². The molecule has 4 N–H and O–H groups in total. The number of para-hydroxylation sites is 1. The summed E-state index contributed by atoms with van der Waals surface area (Å²) in [5.41, 5.74) is 7.01. The summed E-state index contributed by atoms with van der Waals surface area (Å²) in [4.78, 5) is 26.0. The van der Waals surface area contributed by atoms with Gasteiger partial charge < -0.3 is 11.1 Å². The van der Waals surface area contributed by atoms with Gasteiger partial charge in [-0.25, -0.2) is 8.42 Å². The molecule has 0 saturated carbocycles. The normalized spacial score (nSPS) is 12.9. The van der Waals surface area contributed by atoms with E-state index < -0.39 is 21.8 Å². The van der Waals surface area contributed by atoms with Crippen LogP contribution in [0, 0.1) is 0 Å². The molecular formula is C21H18ClN3O4S2. The van der Waals surface area contributed by atoms with Crippen molar-refractivity contribution in [1.29, 1.82) is 0 Å². The van der Waals surface area contributed by atoms with Gasteiger partial charge in [0.1, 0.15) is 5.00 Å². The highest BCUT2D eigenvalue weighted by Gasteiger charge is 2.27. The Kier molecular flexibility index (Phi) is 5.74. The third-order valence-electron chi connectivity index (χ3n) is 4.93. The Bertz CT molecular complexity index is 1280. The lowest BCUT2D eigenvalue weighted by Crippen LogP contribution is -2.20. The lowest BCUT2D eigenvalue weighted by Gasteiger charge is -2.13. The number of benzene rings is 2. The van der Waals surface area contributed by atoms with Crippen molar-refractivity contribution in [2.24, 2.45) is 5.73 Å². The van der Waals surface area contributed by atoms with Crippen LogP contribution < -0.4 is 15.8 Å². The summed E-state index contributed by atoms with van der Waals surface area (Å²) in [6.07, 6.45) is 2.54. The van der Waals surface area contributed by atoms with Crippen LogP contribution in [0.1, 0.15) is 37.6 Å². The summed E-state index contributed by atoms with van der Waals surface area (Å²) < 4.78 is 27.9. The van der Waals surface area contributed by atoms with E-state index in [0.717, 1.165) is 29.7 Å². The molecule has 3 aromatic rings. The fraction of sp³-hybridized carbons (Fsp3) is 0.143. The predicted molar refractivity (Wildman–Crippen MR) is 122 cm³/mol. The molecule has 1 aliphatic carbocycles. The van der Waals surface area contributed by atoms with Crippen molar-refractivity contribution in [2.75, 3.05) is 10.0 Å². The molecule has 1 aromatic heterocycles. The molecular weight excluding hydrogens is 458 g/mol. The van der Waals surface area contributed by atoms with Gasteiger partial charge in [-0.05, 0) is 61.2 Å². The number of primary amides is 1. The second kappa shape index (κ2) is 8.33. The molecule has 0 saturated heterocycles. The minimum atomic E-state index is -3.94. The third kappa shape index (κ3) is 4.30. The summed E-state index contributed by atoms with van der Waals surface area (Å²) >= 11 is 7.16. The molecule has 1 aliphatic rings. The first kappa shape index (κ1) is 21.4.